The van der Waals surface area contributed by atoms with Crippen LogP contribution in [0.3, 0.4) is 0 Å². The molecule has 2 heterocycles. The highest BCUT2D eigenvalue weighted by molar-refractivity contribution is 6.12. The Morgan fingerprint density at radius 2 is 0.932 bits per heavy atom. The van der Waals surface area contributed by atoms with Crippen molar-refractivity contribution in [2.75, 3.05) is 0 Å². The molecule has 0 aliphatic heterocycles. The number of rotatable bonds is 3. The van der Waals surface area contributed by atoms with E-state index in [0.717, 1.165) is 50.1 Å². The van der Waals surface area contributed by atoms with Gasteiger partial charge in [0.2, 0.25) is 0 Å². The van der Waals surface area contributed by atoms with Crippen molar-refractivity contribution in [3.63, 3.8) is 0 Å². The van der Waals surface area contributed by atoms with E-state index < -0.39 is 0 Å². The maximum absolute atomic E-state index is 10.6. The predicted octanol–water partition coefficient (Wildman–Crippen LogP) is 10.7. The molecule has 0 bridgehead atoms. The summed E-state index contributed by atoms with van der Waals surface area (Å²) in [6.45, 7) is 8.54. The summed E-state index contributed by atoms with van der Waals surface area (Å²) in [5, 5.41) is 15.5. The van der Waals surface area contributed by atoms with Gasteiger partial charge in [-0.15, -0.1) is 0 Å². The molecule has 3 heteroatoms. The number of hydrogen-bond donors (Lipinski definition) is 0. The number of nitriles is 1. The average Bonchev–Trinajstić information content (AvgIpc) is 3.52. The van der Waals surface area contributed by atoms with E-state index in [2.05, 4.69) is 158 Å². The highest BCUT2D eigenvalue weighted by Gasteiger charge is 2.22. The Bertz CT molecular complexity index is 2500. The highest BCUT2D eigenvalue weighted by Crippen LogP contribution is 2.41. The Hall–Kier alpha value is -5.59. The first kappa shape index (κ1) is 26.1. The Morgan fingerprint density at radius 3 is 1.48 bits per heavy atom. The molecular weight excluding hydrogens is 534 g/mol. The minimum absolute atomic E-state index is 0.658. The van der Waals surface area contributed by atoms with Gasteiger partial charge in [-0.2, -0.15) is 5.26 Å². The number of aryl methyl sites for hydroxylation is 4. The molecule has 6 aromatic carbocycles. The summed E-state index contributed by atoms with van der Waals surface area (Å²) in [5.41, 5.74) is 14.0. The van der Waals surface area contributed by atoms with Gasteiger partial charge >= 0.3 is 0 Å². The van der Waals surface area contributed by atoms with Crippen molar-refractivity contribution in [1.82, 2.24) is 9.13 Å². The van der Waals surface area contributed by atoms with Crippen molar-refractivity contribution >= 4 is 43.6 Å². The molecule has 210 valence electrons. The minimum atomic E-state index is 0.658. The maximum atomic E-state index is 10.6. The molecule has 0 N–H and O–H groups in total. The third-order valence-corrected chi connectivity index (χ3v) is 9.05. The third-order valence-electron chi connectivity index (χ3n) is 9.05. The summed E-state index contributed by atoms with van der Waals surface area (Å²) in [7, 11) is 0. The van der Waals surface area contributed by atoms with Gasteiger partial charge in [0.1, 0.15) is 0 Å². The molecule has 3 nitrogen and oxygen atoms in total. The Kier molecular flexibility index (Phi) is 5.76. The van der Waals surface area contributed by atoms with Crippen LogP contribution in [-0.4, -0.2) is 9.13 Å². The molecule has 0 unspecified atom stereocenters. The maximum Gasteiger partial charge on any atom is 0.0998 e. The van der Waals surface area contributed by atoms with Gasteiger partial charge in [-0.05, 0) is 87.4 Å². The molecular formula is C41H31N3. The van der Waals surface area contributed by atoms with Gasteiger partial charge in [-0.3, -0.25) is 0 Å². The van der Waals surface area contributed by atoms with Crippen molar-refractivity contribution in [2.24, 2.45) is 0 Å². The van der Waals surface area contributed by atoms with Crippen molar-refractivity contribution < 1.29 is 0 Å². The first-order valence-electron chi connectivity index (χ1n) is 15.1. The van der Waals surface area contributed by atoms with Crippen LogP contribution in [0.5, 0.6) is 0 Å². The van der Waals surface area contributed by atoms with Crippen LogP contribution in [0, 0.1) is 39.0 Å². The summed E-state index contributed by atoms with van der Waals surface area (Å²) in [4.78, 5) is 0. The van der Waals surface area contributed by atoms with Crippen molar-refractivity contribution in [3.05, 3.63) is 143 Å². The fourth-order valence-corrected chi connectivity index (χ4v) is 7.06. The summed E-state index contributed by atoms with van der Waals surface area (Å²) < 4.78 is 4.74. The van der Waals surface area contributed by atoms with E-state index in [1.807, 2.05) is 0 Å². The molecule has 0 aliphatic carbocycles. The molecule has 0 radical (unpaired) electrons. The van der Waals surface area contributed by atoms with Crippen LogP contribution in [0.2, 0.25) is 0 Å². The van der Waals surface area contributed by atoms with Gasteiger partial charge in [0.15, 0.2) is 0 Å². The normalized spacial score (nSPS) is 11.6. The third kappa shape index (κ3) is 3.81. The van der Waals surface area contributed by atoms with E-state index in [1.54, 1.807) is 0 Å². The monoisotopic (exact) mass is 565 g/mol. The number of nitrogens with zero attached hydrogens (tertiary/aromatic N) is 3. The topological polar surface area (TPSA) is 33.6 Å². The van der Waals surface area contributed by atoms with Gasteiger partial charge in [0.05, 0.1) is 45.1 Å². The van der Waals surface area contributed by atoms with Crippen LogP contribution in [0.15, 0.2) is 115 Å². The lowest BCUT2D eigenvalue weighted by molar-refractivity contribution is 1.09. The molecule has 0 atom stereocenters. The summed E-state index contributed by atoms with van der Waals surface area (Å²) in [6, 6.07) is 44.0. The van der Waals surface area contributed by atoms with Crippen molar-refractivity contribution in [2.45, 2.75) is 27.7 Å². The molecule has 44 heavy (non-hydrogen) atoms. The molecule has 0 saturated heterocycles. The summed E-state index contributed by atoms with van der Waals surface area (Å²) in [6.07, 6.45) is 0. The second kappa shape index (κ2) is 9.73. The quantitative estimate of drug-likeness (QED) is 0.210. The van der Waals surface area contributed by atoms with E-state index in [0.29, 0.717) is 5.56 Å². The van der Waals surface area contributed by atoms with E-state index in [1.165, 1.54) is 38.2 Å². The van der Waals surface area contributed by atoms with Gasteiger partial charge in [-0.1, -0.05) is 83.4 Å². The second-order valence-electron chi connectivity index (χ2n) is 12.1. The molecule has 2 aromatic heterocycles. The van der Waals surface area contributed by atoms with Gasteiger partial charge in [-0.25, -0.2) is 0 Å². The lowest BCUT2D eigenvalue weighted by Gasteiger charge is -2.20. The Morgan fingerprint density at radius 1 is 0.455 bits per heavy atom. The summed E-state index contributed by atoms with van der Waals surface area (Å²) in [5.74, 6) is 0. The number of fused-ring (bicyclic) bond motifs is 6. The molecule has 8 aromatic rings. The molecule has 8 rings (SSSR count). The fourth-order valence-electron chi connectivity index (χ4n) is 7.06. The van der Waals surface area contributed by atoms with Crippen LogP contribution in [-0.2, 0) is 0 Å². The lowest BCUT2D eigenvalue weighted by atomic mass is 9.94. The van der Waals surface area contributed by atoms with Gasteiger partial charge in [0, 0.05) is 27.1 Å². The fraction of sp³-hybridized carbons (Fsp3) is 0.0976. The average molecular weight is 566 g/mol. The highest BCUT2D eigenvalue weighted by atomic mass is 15.1. The summed E-state index contributed by atoms with van der Waals surface area (Å²) >= 11 is 0. The zero-order valence-electron chi connectivity index (χ0n) is 25.3. The van der Waals surface area contributed by atoms with Crippen LogP contribution >= 0.6 is 0 Å². The largest absolute Gasteiger partial charge is 0.307 e. The zero-order chi connectivity index (χ0) is 30.1. The zero-order valence-corrected chi connectivity index (χ0v) is 25.3. The van der Waals surface area contributed by atoms with Crippen molar-refractivity contribution in [3.8, 4) is 28.6 Å². The molecule has 0 saturated carbocycles. The van der Waals surface area contributed by atoms with Crippen LogP contribution in [0.4, 0.5) is 0 Å². The van der Waals surface area contributed by atoms with Crippen molar-refractivity contribution in [1.29, 1.82) is 5.26 Å². The smallest absolute Gasteiger partial charge is 0.0998 e. The first-order chi connectivity index (χ1) is 21.4. The van der Waals surface area contributed by atoms with Gasteiger partial charge < -0.3 is 9.13 Å². The Labute approximate surface area is 256 Å². The standard InChI is InChI=1S/C41H31N3/c1-25-13-16-30(28(4)19-25)33-23-41(44-37-12-8-6-10-32(37)35-21-27(3)15-18-39(35)44)40(22-29(33)24-42)43-36-11-7-5-9-31(36)34-20-26(2)14-17-38(34)43/h5-23H,1-4H3. The molecule has 0 fully saturated rings. The van der Waals surface area contributed by atoms with E-state index in [9.17, 15) is 5.26 Å². The van der Waals surface area contributed by atoms with Crippen LogP contribution < -0.4 is 0 Å². The predicted molar refractivity (Wildman–Crippen MR) is 184 cm³/mol. The second-order valence-corrected chi connectivity index (χ2v) is 12.1. The first-order valence-corrected chi connectivity index (χ1v) is 15.1. The Balaban J connectivity index is 1.59. The molecule has 0 spiro atoms. The minimum Gasteiger partial charge on any atom is -0.307 e. The molecule has 0 aliphatic rings. The van der Waals surface area contributed by atoms with Crippen LogP contribution in [0.1, 0.15) is 27.8 Å². The van der Waals surface area contributed by atoms with Crippen LogP contribution in [0.25, 0.3) is 66.1 Å². The lowest BCUT2D eigenvalue weighted by Crippen LogP contribution is -2.05. The number of hydrogen-bond acceptors (Lipinski definition) is 1. The number of benzene rings is 6. The van der Waals surface area contributed by atoms with E-state index in [-0.39, 0.29) is 0 Å². The van der Waals surface area contributed by atoms with E-state index in [4.69, 9.17) is 0 Å². The SMILES string of the molecule is Cc1ccc(-c2cc(-n3c4ccccc4c4cc(C)ccc43)c(-n3c4ccccc4c4cc(C)ccc43)cc2C#N)c(C)c1. The van der Waals surface area contributed by atoms with Gasteiger partial charge in [0.25, 0.3) is 0 Å². The number of aromatic nitrogens is 2. The molecule has 0 amide bonds. The number of para-hydroxylation sites is 2. The van der Waals surface area contributed by atoms with E-state index >= 15 is 0 Å².